The van der Waals surface area contributed by atoms with E-state index < -0.39 is 0 Å². The molecule has 0 N–H and O–H groups in total. The smallest absolute Gasteiger partial charge is 0.227 e. The fourth-order valence-corrected chi connectivity index (χ4v) is 2.57. The lowest BCUT2D eigenvalue weighted by atomic mass is 10.1. The number of methoxy groups -OCH3 is 1. The molecule has 1 fully saturated rings. The summed E-state index contributed by atoms with van der Waals surface area (Å²) >= 11 is 0. The van der Waals surface area contributed by atoms with Crippen LogP contribution in [0.5, 0.6) is 5.75 Å². The topological polar surface area (TPSA) is 38.8 Å². The fourth-order valence-electron chi connectivity index (χ4n) is 2.57. The molecule has 0 unspecified atom stereocenters. The zero-order chi connectivity index (χ0) is 16.9. The highest BCUT2D eigenvalue weighted by molar-refractivity contribution is 5.79. The Labute approximate surface area is 140 Å². The molecule has 1 aliphatic rings. The fraction of sp³-hybridized carbons (Fsp3) is 0.316. The van der Waals surface area contributed by atoms with E-state index in [0.717, 1.165) is 16.9 Å². The molecule has 0 radical (unpaired) electrons. The van der Waals surface area contributed by atoms with Gasteiger partial charge in [-0.05, 0) is 35.4 Å². The Bertz CT molecular complexity index is 679. The molecule has 0 aliphatic carbocycles. The molecule has 1 saturated heterocycles. The summed E-state index contributed by atoms with van der Waals surface area (Å²) in [6, 6.07) is 13.8. The molecule has 2 aromatic carbocycles. The van der Waals surface area contributed by atoms with Gasteiger partial charge in [-0.1, -0.05) is 24.3 Å². The summed E-state index contributed by atoms with van der Waals surface area (Å²) in [6.07, 6.45) is 0.434. The van der Waals surface area contributed by atoms with Gasteiger partial charge in [0.1, 0.15) is 11.6 Å². The van der Waals surface area contributed by atoms with Crippen LogP contribution in [0.1, 0.15) is 11.1 Å². The second-order valence-corrected chi connectivity index (χ2v) is 5.88. The van der Waals surface area contributed by atoms with E-state index in [0.29, 0.717) is 26.1 Å². The second kappa shape index (κ2) is 7.45. The number of amides is 1. The third-order valence-electron chi connectivity index (χ3n) is 4.11. The number of carbonyl (C=O) groups excluding carboxylic acids is 1. The highest BCUT2D eigenvalue weighted by Crippen LogP contribution is 2.17. The molecule has 1 aliphatic heterocycles. The summed E-state index contributed by atoms with van der Waals surface area (Å²) in [6.45, 7) is 1.65. The van der Waals surface area contributed by atoms with Gasteiger partial charge in [-0.2, -0.15) is 0 Å². The summed E-state index contributed by atoms with van der Waals surface area (Å²) in [7, 11) is 1.62. The molecule has 1 heterocycles. The van der Waals surface area contributed by atoms with Crippen LogP contribution in [0.25, 0.3) is 0 Å². The molecule has 4 nitrogen and oxygen atoms in total. The Hall–Kier alpha value is -2.40. The minimum Gasteiger partial charge on any atom is -0.497 e. The van der Waals surface area contributed by atoms with Crippen LogP contribution >= 0.6 is 0 Å². The lowest BCUT2D eigenvalue weighted by molar-refractivity contribution is -0.145. The SMILES string of the molecule is COc1ccc(CC(=O)N2CC(OCc3ccc(F)cc3)C2)cc1. The van der Waals surface area contributed by atoms with Crippen molar-refractivity contribution in [2.24, 2.45) is 0 Å². The van der Waals surface area contributed by atoms with Crippen LogP contribution in [0.15, 0.2) is 48.5 Å². The molecule has 5 heteroatoms. The van der Waals surface area contributed by atoms with E-state index in [4.69, 9.17) is 9.47 Å². The maximum atomic E-state index is 12.8. The van der Waals surface area contributed by atoms with Crippen LogP contribution in [-0.4, -0.2) is 37.1 Å². The Morgan fingerprint density at radius 2 is 1.71 bits per heavy atom. The third-order valence-corrected chi connectivity index (χ3v) is 4.11. The number of hydrogen-bond acceptors (Lipinski definition) is 3. The number of carbonyl (C=O) groups is 1. The Balaban J connectivity index is 1.40. The number of rotatable bonds is 6. The minimum atomic E-state index is -0.252. The van der Waals surface area contributed by atoms with Gasteiger partial charge in [0.15, 0.2) is 0 Å². The largest absolute Gasteiger partial charge is 0.497 e. The molecular weight excluding hydrogens is 309 g/mol. The van der Waals surface area contributed by atoms with Crippen molar-refractivity contribution in [2.45, 2.75) is 19.1 Å². The Morgan fingerprint density at radius 1 is 1.08 bits per heavy atom. The maximum Gasteiger partial charge on any atom is 0.227 e. The van der Waals surface area contributed by atoms with Crippen LogP contribution in [0, 0.1) is 5.82 Å². The van der Waals surface area contributed by atoms with Crippen LogP contribution in [0.2, 0.25) is 0 Å². The van der Waals surface area contributed by atoms with Gasteiger partial charge >= 0.3 is 0 Å². The van der Waals surface area contributed by atoms with Crippen molar-refractivity contribution in [1.82, 2.24) is 4.90 Å². The van der Waals surface area contributed by atoms with Gasteiger partial charge in [0.25, 0.3) is 0 Å². The predicted molar refractivity (Wildman–Crippen MR) is 88.3 cm³/mol. The summed E-state index contributed by atoms with van der Waals surface area (Å²) in [5.74, 6) is 0.629. The number of nitrogens with zero attached hydrogens (tertiary/aromatic N) is 1. The van der Waals surface area contributed by atoms with E-state index >= 15 is 0 Å². The molecular formula is C19H20FNO3. The van der Waals surface area contributed by atoms with Crippen molar-refractivity contribution in [1.29, 1.82) is 0 Å². The molecule has 3 rings (SSSR count). The number of likely N-dealkylation sites (tertiary alicyclic amines) is 1. The molecule has 0 bridgehead atoms. The first-order chi connectivity index (χ1) is 11.6. The average molecular weight is 329 g/mol. The van der Waals surface area contributed by atoms with Crippen molar-refractivity contribution in [3.8, 4) is 5.75 Å². The molecule has 0 saturated carbocycles. The van der Waals surface area contributed by atoms with E-state index in [2.05, 4.69) is 0 Å². The van der Waals surface area contributed by atoms with Crippen molar-refractivity contribution in [3.05, 3.63) is 65.5 Å². The number of hydrogen-bond donors (Lipinski definition) is 0. The van der Waals surface area contributed by atoms with Gasteiger partial charge in [-0.25, -0.2) is 4.39 Å². The first-order valence-electron chi connectivity index (χ1n) is 7.91. The van der Waals surface area contributed by atoms with Crippen molar-refractivity contribution >= 4 is 5.91 Å². The first-order valence-corrected chi connectivity index (χ1v) is 7.91. The van der Waals surface area contributed by atoms with Gasteiger partial charge in [0.05, 0.1) is 26.2 Å². The third kappa shape index (κ3) is 4.11. The Morgan fingerprint density at radius 3 is 2.33 bits per heavy atom. The maximum absolute atomic E-state index is 12.8. The standard InChI is InChI=1S/C19H20FNO3/c1-23-17-8-4-14(5-9-17)10-19(22)21-11-18(12-21)24-13-15-2-6-16(20)7-3-15/h2-9,18H,10-13H2,1H3. The van der Waals surface area contributed by atoms with E-state index in [1.54, 1.807) is 24.1 Å². The second-order valence-electron chi connectivity index (χ2n) is 5.88. The Kier molecular flexibility index (Phi) is 5.11. The molecule has 0 atom stereocenters. The number of ether oxygens (including phenoxy) is 2. The zero-order valence-corrected chi connectivity index (χ0v) is 13.6. The van der Waals surface area contributed by atoms with Gasteiger partial charge < -0.3 is 14.4 Å². The van der Waals surface area contributed by atoms with Crippen LogP contribution < -0.4 is 4.74 Å². The molecule has 2 aromatic rings. The van der Waals surface area contributed by atoms with Crippen LogP contribution in [0.4, 0.5) is 4.39 Å². The lowest BCUT2D eigenvalue weighted by Crippen LogP contribution is -2.55. The summed E-state index contributed by atoms with van der Waals surface area (Å²) < 4.78 is 23.7. The summed E-state index contributed by atoms with van der Waals surface area (Å²) in [5.41, 5.74) is 1.90. The molecule has 1 amide bonds. The van der Waals surface area contributed by atoms with Gasteiger partial charge in [0.2, 0.25) is 5.91 Å². The summed E-state index contributed by atoms with van der Waals surface area (Å²) in [4.78, 5) is 14.0. The van der Waals surface area contributed by atoms with Gasteiger partial charge in [0, 0.05) is 13.1 Å². The van der Waals surface area contributed by atoms with Crippen molar-refractivity contribution in [2.75, 3.05) is 20.2 Å². The van der Waals surface area contributed by atoms with E-state index in [-0.39, 0.29) is 17.8 Å². The molecule has 126 valence electrons. The molecule has 24 heavy (non-hydrogen) atoms. The van der Waals surface area contributed by atoms with Gasteiger partial charge in [-0.15, -0.1) is 0 Å². The minimum absolute atomic E-state index is 0.0508. The van der Waals surface area contributed by atoms with Crippen LogP contribution in [0.3, 0.4) is 0 Å². The monoisotopic (exact) mass is 329 g/mol. The number of benzene rings is 2. The highest BCUT2D eigenvalue weighted by atomic mass is 19.1. The first kappa shape index (κ1) is 16.5. The van der Waals surface area contributed by atoms with Crippen molar-refractivity contribution < 1.29 is 18.7 Å². The van der Waals surface area contributed by atoms with Crippen molar-refractivity contribution in [3.63, 3.8) is 0 Å². The van der Waals surface area contributed by atoms with Gasteiger partial charge in [-0.3, -0.25) is 4.79 Å². The molecule has 0 spiro atoms. The normalized spacial score (nSPS) is 14.3. The number of halogens is 1. The molecule has 0 aromatic heterocycles. The average Bonchev–Trinajstić information content (AvgIpc) is 2.56. The summed E-state index contributed by atoms with van der Waals surface area (Å²) in [5, 5.41) is 0. The lowest BCUT2D eigenvalue weighted by Gasteiger charge is -2.39. The quantitative estimate of drug-likeness (QED) is 0.818. The van der Waals surface area contributed by atoms with E-state index in [1.165, 1.54) is 12.1 Å². The predicted octanol–water partition coefficient (Wildman–Crippen LogP) is 2.80. The zero-order valence-electron chi connectivity index (χ0n) is 13.6. The van der Waals surface area contributed by atoms with E-state index in [1.807, 2.05) is 24.3 Å². The highest BCUT2D eigenvalue weighted by Gasteiger charge is 2.31. The van der Waals surface area contributed by atoms with Crippen LogP contribution in [-0.2, 0) is 22.6 Å². The van der Waals surface area contributed by atoms with E-state index in [9.17, 15) is 9.18 Å².